The molecule has 1 N–H and O–H groups in total. The molecular weight excluding hydrogens is 278 g/mol. The van der Waals surface area contributed by atoms with E-state index in [1.807, 2.05) is 29.8 Å². The summed E-state index contributed by atoms with van der Waals surface area (Å²) >= 11 is 7.89. The van der Waals surface area contributed by atoms with Crippen LogP contribution >= 0.6 is 22.9 Å². The first-order valence-electron chi connectivity index (χ1n) is 5.94. The lowest BCUT2D eigenvalue weighted by molar-refractivity contribution is 0.882. The van der Waals surface area contributed by atoms with Crippen LogP contribution in [0.2, 0.25) is 5.02 Å². The maximum atomic E-state index is 6.28. The lowest BCUT2D eigenvalue weighted by atomic mass is 10.1. The fourth-order valence-corrected chi connectivity index (χ4v) is 2.89. The second-order valence-electron chi connectivity index (χ2n) is 4.27. The van der Waals surface area contributed by atoms with E-state index in [2.05, 4.69) is 22.2 Å². The molecule has 96 valence electrons. The van der Waals surface area contributed by atoms with Gasteiger partial charge in [-0.05, 0) is 36.8 Å². The Bertz CT molecular complexity index is 696. The molecule has 0 spiro atoms. The third-order valence-electron chi connectivity index (χ3n) is 3.02. The van der Waals surface area contributed by atoms with Crippen LogP contribution in [0.4, 0.5) is 5.69 Å². The predicted molar refractivity (Wildman–Crippen MR) is 80.9 cm³/mol. The van der Waals surface area contributed by atoms with Crippen LogP contribution in [0.25, 0.3) is 10.2 Å². The Morgan fingerprint density at radius 3 is 2.79 bits per heavy atom. The number of fused-ring (bicyclic) bond motifs is 1. The van der Waals surface area contributed by atoms with Gasteiger partial charge >= 0.3 is 0 Å². The third-order valence-corrected chi connectivity index (χ3v) is 4.13. The number of rotatable bonds is 3. The van der Waals surface area contributed by atoms with E-state index in [1.54, 1.807) is 23.7 Å². The lowest BCUT2D eigenvalue weighted by Crippen LogP contribution is -2.07. The summed E-state index contributed by atoms with van der Waals surface area (Å²) in [5.74, 6) is 0. The SMILES string of the molecule is CC(Nc1c(Cl)ccc2scnc12)c1ccncc1. The van der Waals surface area contributed by atoms with Crippen molar-refractivity contribution in [2.45, 2.75) is 13.0 Å². The number of nitrogens with one attached hydrogen (secondary N) is 1. The molecule has 3 aromatic rings. The molecule has 3 rings (SSSR count). The number of nitrogens with zero attached hydrogens (tertiary/aromatic N) is 2. The minimum atomic E-state index is 0.146. The first-order valence-corrected chi connectivity index (χ1v) is 7.19. The molecule has 1 unspecified atom stereocenters. The molecule has 5 heteroatoms. The smallest absolute Gasteiger partial charge is 0.106 e. The Labute approximate surface area is 120 Å². The van der Waals surface area contributed by atoms with Crippen LogP contribution in [0, 0.1) is 0 Å². The fraction of sp³-hybridized carbons (Fsp3) is 0.143. The quantitative estimate of drug-likeness (QED) is 0.770. The van der Waals surface area contributed by atoms with Crippen LogP contribution in [0.1, 0.15) is 18.5 Å². The van der Waals surface area contributed by atoms with Crippen LogP contribution in [-0.2, 0) is 0 Å². The van der Waals surface area contributed by atoms with Crippen molar-refractivity contribution in [2.75, 3.05) is 5.32 Å². The van der Waals surface area contributed by atoms with Gasteiger partial charge in [0.15, 0.2) is 0 Å². The number of hydrogen-bond acceptors (Lipinski definition) is 4. The van der Waals surface area contributed by atoms with Gasteiger partial charge in [0.1, 0.15) is 5.52 Å². The largest absolute Gasteiger partial charge is 0.376 e. The summed E-state index contributed by atoms with van der Waals surface area (Å²) < 4.78 is 1.13. The predicted octanol–water partition coefficient (Wildman–Crippen LogP) is 4.52. The number of benzene rings is 1. The van der Waals surface area contributed by atoms with Crippen molar-refractivity contribution in [1.29, 1.82) is 0 Å². The van der Waals surface area contributed by atoms with E-state index < -0.39 is 0 Å². The molecule has 0 radical (unpaired) electrons. The van der Waals surface area contributed by atoms with Crippen molar-refractivity contribution >= 4 is 38.8 Å². The van der Waals surface area contributed by atoms with Crippen molar-refractivity contribution in [3.05, 3.63) is 52.8 Å². The molecule has 0 fully saturated rings. The van der Waals surface area contributed by atoms with Gasteiger partial charge in [0.05, 0.1) is 20.9 Å². The van der Waals surface area contributed by atoms with Gasteiger partial charge in [-0.15, -0.1) is 11.3 Å². The molecule has 2 heterocycles. The van der Waals surface area contributed by atoms with Crippen molar-refractivity contribution in [1.82, 2.24) is 9.97 Å². The fourth-order valence-electron chi connectivity index (χ4n) is 2.00. The summed E-state index contributed by atoms with van der Waals surface area (Å²) in [7, 11) is 0. The van der Waals surface area contributed by atoms with Gasteiger partial charge in [0.25, 0.3) is 0 Å². The van der Waals surface area contributed by atoms with Crippen LogP contribution in [0.5, 0.6) is 0 Å². The van der Waals surface area contributed by atoms with E-state index in [1.165, 1.54) is 5.56 Å². The molecule has 0 amide bonds. The second-order valence-corrected chi connectivity index (χ2v) is 5.56. The Morgan fingerprint density at radius 1 is 1.21 bits per heavy atom. The summed E-state index contributed by atoms with van der Waals surface area (Å²) in [4.78, 5) is 8.41. The topological polar surface area (TPSA) is 37.8 Å². The number of pyridine rings is 1. The Kier molecular flexibility index (Phi) is 3.36. The van der Waals surface area contributed by atoms with Crippen molar-refractivity contribution in [3.8, 4) is 0 Å². The average molecular weight is 290 g/mol. The maximum Gasteiger partial charge on any atom is 0.106 e. The van der Waals surface area contributed by atoms with Crippen LogP contribution in [0.3, 0.4) is 0 Å². The van der Waals surface area contributed by atoms with E-state index in [0.717, 1.165) is 15.9 Å². The van der Waals surface area contributed by atoms with E-state index >= 15 is 0 Å². The zero-order chi connectivity index (χ0) is 13.2. The molecule has 1 atom stereocenters. The van der Waals surface area contributed by atoms with Gasteiger partial charge in [0, 0.05) is 18.4 Å². The number of aromatic nitrogens is 2. The van der Waals surface area contributed by atoms with Gasteiger partial charge in [-0.25, -0.2) is 4.98 Å². The monoisotopic (exact) mass is 289 g/mol. The molecule has 0 bridgehead atoms. The van der Waals surface area contributed by atoms with Gasteiger partial charge in [-0.3, -0.25) is 4.98 Å². The van der Waals surface area contributed by atoms with E-state index in [9.17, 15) is 0 Å². The minimum Gasteiger partial charge on any atom is -0.376 e. The molecule has 19 heavy (non-hydrogen) atoms. The van der Waals surface area contributed by atoms with Gasteiger partial charge in [-0.2, -0.15) is 0 Å². The highest BCUT2D eigenvalue weighted by atomic mass is 35.5. The molecule has 0 saturated carbocycles. The Morgan fingerprint density at radius 2 is 2.00 bits per heavy atom. The van der Waals surface area contributed by atoms with Crippen LogP contribution < -0.4 is 5.32 Å². The highest BCUT2D eigenvalue weighted by Crippen LogP contribution is 2.34. The molecule has 0 saturated heterocycles. The number of halogens is 1. The first-order chi connectivity index (χ1) is 9.25. The number of hydrogen-bond donors (Lipinski definition) is 1. The minimum absolute atomic E-state index is 0.146. The van der Waals surface area contributed by atoms with Gasteiger partial charge in [0.2, 0.25) is 0 Å². The molecule has 0 aliphatic heterocycles. The summed E-state index contributed by atoms with van der Waals surface area (Å²) in [5, 5.41) is 4.13. The summed E-state index contributed by atoms with van der Waals surface area (Å²) in [6, 6.07) is 8.04. The number of anilines is 1. The highest BCUT2D eigenvalue weighted by molar-refractivity contribution is 7.16. The molecule has 0 aliphatic carbocycles. The lowest BCUT2D eigenvalue weighted by Gasteiger charge is -2.17. The van der Waals surface area contributed by atoms with Gasteiger partial charge < -0.3 is 5.32 Å². The zero-order valence-corrected chi connectivity index (χ0v) is 11.9. The Hall–Kier alpha value is -1.65. The van der Waals surface area contributed by atoms with Crippen molar-refractivity contribution in [3.63, 3.8) is 0 Å². The van der Waals surface area contributed by atoms with Crippen LogP contribution in [-0.4, -0.2) is 9.97 Å². The van der Waals surface area contributed by atoms with Crippen molar-refractivity contribution < 1.29 is 0 Å². The summed E-state index contributed by atoms with van der Waals surface area (Å²) in [6.45, 7) is 2.09. The normalized spacial score (nSPS) is 12.5. The number of thiazole rings is 1. The highest BCUT2D eigenvalue weighted by Gasteiger charge is 2.12. The molecular formula is C14H12ClN3S. The molecule has 2 aromatic heterocycles. The maximum absolute atomic E-state index is 6.28. The van der Waals surface area contributed by atoms with E-state index in [-0.39, 0.29) is 6.04 Å². The summed E-state index contributed by atoms with van der Waals surface area (Å²) in [6.07, 6.45) is 3.58. The van der Waals surface area contributed by atoms with Crippen LogP contribution in [0.15, 0.2) is 42.2 Å². The Balaban J connectivity index is 1.97. The second kappa shape index (κ2) is 5.15. The van der Waals surface area contributed by atoms with Gasteiger partial charge in [-0.1, -0.05) is 11.6 Å². The molecule has 0 aliphatic rings. The third kappa shape index (κ3) is 2.41. The zero-order valence-electron chi connectivity index (χ0n) is 10.3. The standard InChI is InChI=1S/C14H12ClN3S/c1-9(10-4-6-16-7-5-10)18-13-11(15)2-3-12-14(13)17-8-19-12/h2-9,18H,1H3. The van der Waals surface area contributed by atoms with E-state index in [4.69, 9.17) is 11.6 Å². The first kappa shape index (κ1) is 12.4. The van der Waals surface area contributed by atoms with Crippen molar-refractivity contribution in [2.24, 2.45) is 0 Å². The summed E-state index contributed by atoms with van der Waals surface area (Å²) in [5.41, 5.74) is 4.82. The van der Waals surface area contributed by atoms with E-state index in [0.29, 0.717) is 5.02 Å². The molecule has 3 nitrogen and oxygen atoms in total. The average Bonchev–Trinajstić information content (AvgIpc) is 2.91. The molecule has 1 aromatic carbocycles.